The van der Waals surface area contributed by atoms with Crippen LogP contribution < -0.4 is 16.0 Å². The molecule has 0 spiro atoms. The number of nitrogens with zero attached hydrogens (tertiary/aromatic N) is 1. The Morgan fingerprint density at radius 3 is 2.68 bits per heavy atom. The van der Waals surface area contributed by atoms with Gasteiger partial charge in [-0.05, 0) is 92.2 Å². The molecule has 38 heavy (non-hydrogen) atoms. The summed E-state index contributed by atoms with van der Waals surface area (Å²) in [4.78, 5) is 12.2. The molecule has 1 saturated heterocycles. The summed E-state index contributed by atoms with van der Waals surface area (Å²) in [6, 6.07) is 10.2. The largest absolute Gasteiger partial charge is 0.444 e. The zero-order valence-corrected chi connectivity index (χ0v) is 24.6. The molecule has 2 heterocycles. The van der Waals surface area contributed by atoms with Crippen LogP contribution in [0.2, 0.25) is 0 Å². The van der Waals surface area contributed by atoms with Crippen LogP contribution in [0.4, 0.5) is 9.18 Å². The van der Waals surface area contributed by atoms with Gasteiger partial charge < -0.3 is 20.7 Å². The van der Waals surface area contributed by atoms with Crippen molar-refractivity contribution in [1.82, 2.24) is 20.3 Å². The van der Waals surface area contributed by atoms with Crippen molar-refractivity contribution in [3.05, 3.63) is 69.6 Å². The molecule has 1 fully saturated rings. The summed E-state index contributed by atoms with van der Waals surface area (Å²) in [6.45, 7) is 10.1. The second-order valence-corrected chi connectivity index (χ2v) is 13.7. The standard InChI is InChI=1S/C27H34BrFN4O4S/c1-17-6-8-20(27(5)31-15-23(32-27)19-7-9-21(28)22(29)12-19)13-24(17)38(35,36)33-11-10-18(16-33)14-30-25(34)37-26(2,3)4/h6-9,12-13,15,18,31-32H,10-11,14,16H2,1-5H3,(H,30,34). The first kappa shape index (κ1) is 28.4. The van der Waals surface area contributed by atoms with Crippen LogP contribution in [0.15, 0.2) is 52.0 Å². The Kier molecular flexibility index (Phi) is 7.84. The van der Waals surface area contributed by atoms with Crippen LogP contribution in [0.5, 0.6) is 0 Å². The molecule has 2 aromatic rings. The van der Waals surface area contributed by atoms with Crippen molar-refractivity contribution in [3.8, 4) is 0 Å². The van der Waals surface area contributed by atoms with E-state index in [0.29, 0.717) is 47.4 Å². The first-order valence-corrected chi connectivity index (χ1v) is 14.7. The van der Waals surface area contributed by atoms with E-state index in [-0.39, 0.29) is 16.6 Å². The van der Waals surface area contributed by atoms with Crippen molar-refractivity contribution < 1.29 is 22.3 Å². The van der Waals surface area contributed by atoms with Gasteiger partial charge in [-0.1, -0.05) is 18.2 Å². The fraction of sp³-hybridized carbons (Fsp3) is 0.444. The molecule has 0 saturated carbocycles. The van der Waals surface area contributed by atoms with E-state index in [1.54, 1.807) is 58.2 Å². The van der Waals surface area contributed by atoms with Gasteiger partial charge in [0.2, 0.25) is 10.0 Å². The Morgan fingerprint density at radius 2 is 2.00 bits per heavy atom. The van der Waals surface area contributed by atoms with Crippen molar-refractivity contribution in [2.24, 2.45) is 5.92 Å². The minimum absolute atomic E-state index is 0.00507. The number of rotatable bonds is 6. The molecule has 4 rings (SSSR count). The topological polar surface area (TPSA) is 99.8 Å². The maximum atomic E-state index is 14.1. The molecule has 8 nitrogen and oxygen atoms in total. The highest BCUT2D eigenvalue weighted by atomic mass is 79.9. The molecule has 1 amide bonds. The molecule has 0 aromatic heterocycles. The molecule has 3 N–H and O–H groups in total. The monoisotopic (exact) mass is 608 g/mol. The summed E-state index contributed by atoms with van der Waals surface area (Å²) in [5.74, 6) is -0.373. The van der Waals surface area contributed by atoms with E-state index in [9.17, 15) is 17.6 Å². The molecule has 11 heteroatoms. The Balaban J connectivity index is 1.47. The van der Waals surface area contributed by atoms with E-state index < -0.39 is 27.4 Å². The third kappa shape index (κ3) is 6.16. The number of halogens is 2. The number of benzene rings is 2. The lowest BCUT2D eigenvalue weighted by atomic mass is 10.0. The van der Waals surface area contributed by atoms with Crippen molar-refractivity contribution in [2.45, 2.75) is 57.2 Å². The maximum Gasteiger partial charge on any atom is 0.407 e. The zero-order valence-electron chi connectivity index (χ0n) is 22.2. The average molecular weight is 610 g/mol. The Morgan fingerprint density at radius 1 is 1.26 bits per heavy atom. The van der Waals surface area contributed by atoms with E-state index in [4.69, 9.17) is 4.74 Å². The first-order chi connectivity index (χ1) is 17.7. The predicted molar refractivity (Wildman–Crippen MR) is 148 cm³/mol. The summed E-state index contributed by atoms with van der Waals surface area (Å²) >= 11 is 3.17. The molecule has 206 valence electrons. The Bertz CT molecular complexity index is 1380. The smallest absolute Gasteiger partial charge is 0.407 e. The number of ether oxygens (including phenoxy) is 1. The number of carbonyl (C=O) groups is 1. The summed E-state index contributed by atoms with van der Waals surface area (Å²) in [5.41, 5.74) is 1.36. The van der Waals surface area contributed by atoms with Crippen molar-refractivity contribution in [1.29, 1.82) is 0 Å². The predicted octanol–water partition coefficient (Wildman–Crippen LogP) is 4.80. The number of hydrogen-bond acceptors (Lipinski definition) is 6. The number of nitrogens with one attached hydrogen (secondary N) is 3. The lowest BCUT2D eigenvalue weighted by Gasteiger charge is -2.29. The minimum atomic E-state index is -3.76. The molecule has 0 aliphatic carbocycles. The quantitative estimate of drug-likeness (QED) is 0.436. The third-order valence-corrected chi connectivity index (χ3v) is 9.34. The zero-order chi connectivity index (χ0) is 27.9. The molecule has 0 bridgehead atoms. The van der Waals surface area contributed by atoms with Crippen molar-refractivity contribution in [2.75, 3.05) is 19.6 Å². The number of carbonyl (C=O) groups excluding carboxylic acids is 1. The lowest BCUT2D eigenvalue weighted by molar-refractivity contribution is 0.0520. The van der Waals surface area contributed by atoms with E-state index >= 15 is 0 Å². The number of alkyl carbamates (subject to hydrolysis) is 1. The second-order valence-electron chi connectivity index (χ2n) is 11.0. The van der Waals surface area contributed by atoms with Crippen LogP contribution in [0, 0.1) is 18.7 Å². The van der Waals surface area contributed by atoms with Crippen LogP contribution in [0.25, 0.3) is 5.70 Å². The summed E-state index contributed by atoms with van der Waals surface area (Å²) in [5, 5.41) is 9.40. The van der Waals surface area contributed by atoms with E-state index in [1.807, 2.05) is 13.0 Å². The molecule has 2 aromatic carbocycles. The normalized spacial score (nSPS) is 22.0. The lowest BCUT2D eigenvalue weighted by Crippen LogP contribution is -2.43. The molecule has 2 aliphatic rings. The SMILES string of the molecule is Cc1ccc(C2(C)NC=C(c3ccc(Br)c(F)c3)N2)cc1S(=O)(=O)N1CCC(CNC(=O)OC(C)(C)C)C1. The fourth-order valence-corrected chi connectivity index (χ4v) is 6.61. The molecule has 2 aliphatic heterocycles. The summed E-state index contributed by atoms with van der Waals surface area (Å²) in [6.07, 6.45) is 1.90. The molecular weight excluding hydrogens is 575 g/mol. The number of sulfonamides is 1. The highest BCUT2D eigenvalue weighted by molar-refractivity contribution is 9.10. The average Bonchev–Trinajstić information content (AvgIpc) is 3.47. The molecular formula is C27H34BrFN4O4S. The van der Waals surface area contributed by atoms with Gasteiger partial charge in [0.05, 0.1) is 15.1 Å². The van der Waals surface area contributed by atoms with E-state index in [2.05, 4.69) is 31.9 Å². The van der Waals surface area contributed by atoms with Crippen LogP contribution in [-0.4, -0.2) is 44.1 Å². The van der Waals surface area contributed by atoms with Gasteiger partial charge in [0.15, 0.2) is 0 Å². The highest BCUT2D eigenvalue weighted by Crippen LogP contribution is 2.33. The van der Waals surface area contributed by atoms with Crippen LogP contribution in [0.3, 0.4) is 0 Å². The minimum Gasteiger partial charge on any atom is -0.444 e. The van der Waals surface area contributed by atoms with Crippen LogP contribution in [-0.2, 0) is 20.4 Å². The maximum absolute atomic E-state index is 14.1. The van der Waals surface area contributed by atoms with Crippen molar-refractivity contribution in [3.63, 3.8) is 0 Å². The van der Waals surface area contributed by atoms with E-state index in [1.165, 1.54) is 10.4 Å². The molecule has 0 radical (unpaired) electrons. The van der Waals surface area contributed by atoms with E-state index in [0.717, 1.165) is 5.56 Å². The fourth-order valence-electron chi connectivity index (χ4n) is 4.58. The van der Waals surface area contributed by atoms with Gasteiger partial charge in [0.1, 0.15) is 17.1 Å². The Hall–Kier alpha value is -2.63. The number of aryl methyl sites for hydroxylation is 1. The Labute approximate surface area is 232 Å². The van der Waals surface area contributed by atoms with Gasteiger partial charge in [0.25, 0.3) is 0 Å². The number of hydrogen-bond donors (Lipinski definition) is 3. The van der Waals surface area contributed by atoms with Gasteiger partial charge in [-0.15, -0.1) is 0 Å². The van der Waals surface area contributed by atoms with Gasteiger partial charge in [-0.2, -0.15) is 4.31 Å². The first-order valence-electron chi connectivity index (χ1n) is 12.5. The van der Waals surface area contributed by atoms with Gasteiger partial charge in [0, 0.05) is 31.4 Å². The molecule has 2 unspecified atom stereocenters. The van der Waals surface area contributed by atoms with Crippen LogP contribution >= 0.6 is 15.9 Å². The van der Waals surface area contributed by atoms with Crippen LogP contribution in [0.1, 0.15) is 50.8 Å². The van der Waals surface area contributed by atoms with Crippen molar-refractivity contribution >= 4 is 37.7 Å². The third-order valence-electron chi connectivity index (χ3n) is 6.69. The van der Waals surface area contributed by atoms with Gasteiger partial charge in [-0.25, -0.2) is 17.6 Å². The number of amides is 1. The summed E-state index contributed by atoms with van der Waals surface area (Å²) < 4.78 is 48.6. The summed E-state index contributed by atoms with van der Waals surface area (Å²) in [7, 11) is -3.76. The highest BCUT2D eigenvalue weighted by Gasteiger charge is 2.36. The molecule has 2 atom stereocenters. The van der Waals surface area contributed by atoms with Gasteiger partial charge >= 0.3 is 6.09 Å². The second kappa shape index (κ2) is 10.5. The van der Waals surface area contributed by atoms with Gasteiger partial charge in [-0.3, -0.25) is 0 Å².